The molecule has 0 saturated carbocycles. The Morgan fingerprint density at radius 1 is 0.824 bits per heavy atom. The maximum absolute atomic E-state index is 13.9. The minimum absolute atomic E-state index is 0.00522. The highest BCUT2D eigenvalue weighted by molar-refractivity contribution is 5.94. The molecular weight excluding hydrogens is 433 g/mol. The van der Waals surface area contributed by atoms with Gasteiger partial charge in [0, 0.05) is 44.2 Å². The van der Waals surface area contributed by atoms with Gasteiger partial charge in [0.2, 0.25) is 11.8 Å². The number of nitrogens with one attached hydrogen (secondary N) is 1. The number of carbonyl (C=O) groups is 3. The fourth-order valence-corrected chi connectivity index (χ4v) is 4.55. The number of hydrogen-bond donors (Lipinski definition) is 1. The molecule has 0 atom stereocenters. The molecule has 2 fully saturated rings. The van der Waals surface area contributed by atoms with Crippen LogP contribution in [0, 0.1) is 11.7 Å². The molecule has 34 heavy (non-hydrogen) atoms. The summed E-state index contributed by atoms with van der Waals surface area (Å²) in [4.78, 5) is 41.2. The van der Waals surface area contributed by atoms with Gasteiger partial charge in [-0.05, 0) is 49.5 Å². The van der Waals surface area contributed by atoms with Crippen molar-refractivity contribution in [2.75, 3.05) is 26.2 Å². The van der Waals surface area contributed by atoms with Crippen LogP contribution in [0.5, 0.6) is 0 Å². The number of halogens is 1. The number of benzene rings is 2. The minimum atomic E-state index is -0.511. The molecule has 2 aromatic carbocycles. The summed E-state index contributed by atoms with van der Waals surface area (Å²) in [5.41, 5.74) is 1.07. The van der Waals surface area contributed by atoms with E-state index in [1.165, 1.54) is 12.1 Å². The first-order valence-electron chi connectivity index (χ1n) is 11.9. The smallest absolute Gasteiger partial charge is 0.256 e. The summed E-state index contributed by atoms with van der Waals surface area (Å²) in [6.07, 6.45) is 5.97. The molecule has 178 valence electrons. The zero-order valence-corrected chi connectivity index (χ0v) is 19.2. The van der Waals surface area contributed by atoms with E-state index in [2.05, 4.69) is 5.32 Å². The van der Waals surface area contributed by atoms with Crippen molar-refractivity contribution in [2.45, 2.75) is 31.7 Å². The van der Waals surface area contributed by atoms with Gasteiger partial charge in [-0.15, -0.1) is 0 Å². The number of piperidine rings is 2. The maximum Gasteiger partial charge on any atom is 0.256 e. The highest BCUT2D eigenvalue weighted by Gasteiger charge is 2.30. The highest BCUT2D eigenvalue weighted by atomic mass is 19.1. The van der Waals surface area contributed by atoms with Crippen molar-refractivity contribution in [3.8, 4) is 0 Å². The van der Waals surface area contributed by atoms with Crippen molar-refractivity contribution < 1.29 is 18.8 Å². The van der Waals surface area contributed by atoms with Gasteiger partial charge in [0.1, 0.15) is 5.82 Å². The highest BCUT2D eigenvalue weighted by Crippen LogP contribution is 2.20. The Hall–Kier alpha value is -3.48. The van der Waals surface area contributed by atoms with Crippen LogP contribution in [-0.2, 0) is 9.59 Å². The SMILES string of the molecule is O=C(NC1CCN(C(=O)c2ccccc2F)CC1)C1CCN(C(=O)C=Cc2ccccc2)CC1. The Kier molecular flexibility index (Phi) is 7.72. The van der Waals surface area contributed by atoms with Crippen LogP contribution < -0.4 is 5.32 Å². The van der Waals surface area contributed by atoms with Gasteiger partial charge in [-0.2, -0.15) is 0 Å². The number of amides is 3. The Labute approximate surface area is 199 Å². The molecule has 2 aliphatic rings. The Bertz CT molecular complexity index is 1040. The van der Waals surface area contributed by atoms with E-state index in [0.29, 0.717) is 51.9 Å². The van der Waals surface area contributed by atoms with Crippen LogP contribution in [0.15, 0.2) is 60.7 Å². The summed E-state index contributed by atoms with van der Waals surface area (Å²) < 4.78 is 13.9. The Balaban J connectivity index is 1.20. The van der Waals surface area contributed by atoms with Crippen LogP contribution in [0.25, 0.3) is 6.08 Å². The molecule has 0 spiro atoms. The van der Waals surface area contributed by atoms with Crippen LogP contribution in [0.4, 0.5) is 4.39 Å². The van der Waals surface area contributed by atoms with Crippen molar-refractivity contribution in [1.29, 1.82) is 0 Å². The molecule has 7 heteroatoms. The van der Waals surface area contributed by atoms with Crippen molar-refractivity contribution in [1.82, 2.24) is 15.1 Å². The van der Waals surface area contributed by atoms with E-state index in [4.69, 9.17) is 0 Å². The third-order valence-electron chi connectivity index (χ3n) is 6.63. The van der Waals surface area contributed by atoms with Gasteiger partial charge in [-0.3, -0.25) is 14.4 Å². The van der Waals surface area contributed by atoms with E-state index in [1.54, 1.807) is 28.0 Å². The van der Waals surface area contributed by atoms with Crippen LogP contribution in [-0.4, -0.2) is 59.7 Å². The first kappa shape index (κ1) is 23.7. The molecule has 3 amide bonds. The third-order valence-corrected chi connectivity index (χ3v) is 6.63. The number of hydrogen-bond acceptors (Lipinski definition) is 3. The molecule has 2 saturated heterocycles. The number of rotatable bonds is 5. The lowest BCUT2D eigenvalue weighted by Gasteiger charge is -2.35. The van der Waals surface area contributed by atoms with E-state index >= 15 is 0 Å². The van der Waals surface area contributed by atoms with Crippen molar-refractivity contribution in [3.63, 3.8) is 0 Å². The zero-order chi connectivity index (χ0) is 23.9. The molecule has 2 aliphatic heterocycles. The largest absolute Gasteiger partial charge is 0.353 e. The molecule has 6 nitrogen and oxygen atoms in total. The molecule has 0 radical (unpaired) electrons. The van der Waals surface area contributed by atoms with Gasteiger partial charge in [0.05, 0.1) is 5.56 Å². The maximum atomic E-state index is 13.9. The fourth-order valence-electron chi connectivity index (χ4n) is 4.55. The monoisotopic (exact) mass is 463 g/mol. The standard InChI is InChI=1S/C27H30FN3O3/c28-24-9-5-4-8-23(24)27(34)31-18-14-22(15-19-31)29-26(33)21-12-16-30(17-13-21)25(32)11-10-20-6-2-1-3-7-20/h1-11,21-22H,12-19H2,(H,29,33). The Morgan fingerprint density at radius 2 is 1.44 bits per heavy atom. The molecule has 2 aromatic rings. The van der Waals surface area contributed by atoms with E-state index in [1.807, 2.05) is 36.4 Å². The molecule has 0 aliphatic carbocycles. The lowest BCUT2D eigenvalue weighted by molar-refractivity contribution is -0.132. The topological polar surface area (TPSA) is 69.7 Å². The second-order valence-electron chi connectivity index (χ2n) is 8.90. The zero-order valence-electron chi connectivity index (χ0n) is 19.2. The summed E-state index contributed by atoms with van der Waals surface area (Å²) in [6.45, 7) is 2.09. The molecule has 0 unspecified atom stereocenters. The van der Waals surface area contributed by atoms with Crippen molar-refractivity contribution >= 4 is 23.8 Å². The Morgan fingerprint density at radius 3 is 2.12 bits per heavy atom. The van der Waals surface area contributed by atoms with E-state index < -0.39 is 5.82 Å². The van der Waals surface area contributed by atoms with Gasteiger partial charge < -0.3 is 15.1 Å². The molecule has 0 aromatic heterocycles. The van der Waals surface area contributed by atoms with Gasteiger partial charge >= 0.3 is 0 Å². The number of nitrogens with zero attached hydrogens (tertiary/aromatic N) is 2. The van der Waals surface area contributed by atoms with Gasteiger partial charge in [-0.1, -0.05) is 42.5 Å². The van der Waals surface area contributed by atoms with Gasteiger partial charge in [0.15, 0.2) is 0 Å². The predicted molar refractivity (Wildman–Crippen MR) is 128 cm³/mol. The van der Waals surface area contributed by atoms with Gasteiger partial charge in [-0.25, -0.2) is 4.39 Å². The summed E-state index contributed by atoms with van der Waals surface area (Å²) in [6, 6.07) is 15.7. The number of likely N-dealkylation sites (tertiary alicyclic amines) is 2. The summed E-state index contributed by atoms with van der Waals surface area (Å²) in [7, 11) is 0. The summed E-state index contributed by atoms with van der Waals surface area (Å²) >= 11 is 0. The quantitative estimate of drug-likeness (QED) is 0.690. The van der Waals surface area contributed by atoms with Crippen LogP contribution >= 0.6 is 0 Å². The third kappa shape index (κ3) is 5.90. The van der Waals surface area contributed by atoms with Crippen LogP contribution in [0.1, 0.15) is 41.6 Å². The normalized spacial score (nSPS) is 17.7. The second kappa shape index (κ2) is 11.1. The lowest BCUT2D eigenvalue weighted by atomic mass is 9.94. The van der Waals surface area contributed by atoms with Gasteiger partial charge in [0.25, 0.3) is 5.91 Å². The van der Waals surface area contributed by atoms with E-state index in [0.717, 1.165) is 5.56 Å². The van der Waals surface area contributed by atoms with E-state index in [-0.39, 0.29) is 35.2 Å². The van der Waals surface area contributed by atoms with E-state index in [9.17, 15) is 18.8 Å². The molecule has 1 N–H and O–H groups in total. The second-order valence-corrected chi connectivity index (χ2v) is 8.90. The first-order valence-corrected chi connectivity index (χ1v) is 11.9. The minimum Gasteiger partial charge on any atom is -0.353 e. The van der Waals surface area contributed by atoms with Crippen molar-refractivity contribution in [3.05, 3.63) is 77.6 Å². The average Bonchev–Trinajstić information content (AvgIpc) is 2.88. The summed E-state index contributed by atoms with van der Waals surface area (Å²) in [5, 5.41) is 3.12. The average molecular weight is 464 g/mol. The fraction of sp³-hybridized carbons (Fsp3) is 0.370. The van der Waals surface area contributed by atoms with Crippen LogP contribution in [0.2, 0.25) is 0 Å². The molecular formula is C27H30FN3O3. The molecule has 4 rings (SSSR count). The molecule has 2 heterocycles. The van der Waals surface area contributed by atoms with Crippen LogP contribution in [0.3, 0.4) is 0 Å². The lowest BCUT2D eigenvalue weighted by Crippen LogP contribution is -2.49. The first-order chi connectivity index (χ1) is 16.5. The number of carbonyl (C=O) groups excluding carboxylic acids is 3. The molecule has 0 bridgehead atoms. The predicted octanol–water partition coefficient (Wildman–Crippen LogP) is 3.50. The van der Waals surface area contributed by atoms with Crippen molar-refractivity contribution in [2.24, 2.45) is 5.92 Å². The summed E-state index contributed by atoms with van der Waals surface area (Å²) in [5.74, 6) is -0.940.